The molecule has 1 aliphatic rings. The van der Waals surface area contributed by atoms with Crippen molar-refractivity contribution in [1.29, 1.82) is 0 Å². The third kappa shape index (κ3) is 5.98. The maximum atomic E-state index is 12.3. The van der Waals surface area contributed by atoms with E-state index in [1.165, 1.54) is 11.8 Å². The minimum absolute atomic E-state index is 0.0329. The van der Waals surface area contributed by atoms with Crippen molar-refractivity contribution < 1.29 is 14.4 Å². The molecule has 0 unspecified atom stereocenters. The Morgan fingerprint density at radius 3 is 2.59 bits per heavy atom. The van der Waals surface area contributed by atoms with E-state index in [2.05, 4.69) is 16.6 Å². The van der Waals surface area contributed by atoms with Crippen LogP contribution in [0, 0.1) is 17.8 Å². The van der Waals surface area contributed by atoms with Gasteiger partial charge < -0.3 is 15.5 Å². The van der Waals surface area contributed by atoms with E-state index in [0.29, 0.717) is 18.1 Å². The van der Waals surface area contributed by atoms with Crippen LogP contribution in [0.25, 0.3) is 0 Å². The van der Waals surface area contributed by atoms with Crippen LogP contribution in [0.3, 0.4) is 0 Å². The highest BCUT2D eigenvalue weighted by Crippen LogP contribution is 2.26. The van der Waals surface area contributed by atoms with Gasteiger partial charge in [-0.05, 0) is 5.41 Å². The molecule has 3 amide bonds. The van der Waals surface area contributed by atoms with Crippen molar-refractivity contribution in [2.75, 3.05) is 24.7 Å². The van der Waals surface area contributed by atoms with Crippen molar-refractivity contribution in [1.82, 2.24) is 15.5 Å². The molecule has 0 aliphatic carbocycles. The summed E-state index contributed by atoms with van der Waals surface area (Å²) < 4.78 is 0. The third-order valence-corrected chi connectivity index (χ3v) is 4.01. The molecule has 1 heterocycles. The number of thioether (sulfide) groups is 1. The standard InChI is InChI=1S/C15H23N3O3S/c1-5-6-16-12(19)8-17-14(21)11-9-22-10-18(11)13(20)7-15(2,3)4/h1,11H,6-10H2,2-4H3,(H,16,19)(H,17,21)/t11-/m0/s1. The van der Waals surface area contributed by atoms with Crippen LogP contribution in [0.5, 0.6) is 0 Å². The summed E-state index contributed by atoms with van der Waals surface area (Å²) in [6, 6.07) is -0.514. The highest BCUT2D eigenvalue weighted by atomic mass is 32.2. The van der Waals surface area contributed by atoms with Gasteiger partial charge in [-0.25, -0.2) is 0 Å². The summed E-state index contributed by atoms with van der Waals surface area (Å²) in [7, 11) is 0. The summed E-state index contributed by atoms with van der Waals surface area (Å²) in [5.74, 6) is 2.67. The molecule has 1 saturated heterocycles. The second-order valence-corrected chi connectivity index (χ2v) is 7.32. The van der Waals surface area contributed by atoms with Gasteiger partial charge in [0.05, 0.1) is 19.0 Å². The van der Waals surface area contributed by atoms with Gasteiger partial charge in [0.15, 0.2) is 0 Å². The summed E-state index contributed by atoms with van der Waals surface area (Å²) in [4.78, 5) is 37.5. The van der Waals surface area contributed by atoms with Gasteiger partial charge in [-0.3, -0.25) is 14.4 Å². The first-order valence-electron chi connectivity index (χ1n) is 7.09. The predicted molar refractivity (Wildman–Crippen MR) is 86.9 cm³/mol. The molecule has 2 N–H and O–H groups in total. The molecule has 0 radical (unpaired) electrons. The van der Waals surface area contributed by atoms with Crippen LogP contribution in [-0.2, 0) is 14.4 Å². The lowest BCUT2D eigenvalue weighted by Crippen LogP contribution is -2.49. The number of amides is 3. The fourth-order valence-electron chi connectivity index (χ4n) is 1.96. The van der Waals surface area contributed by atoms with Gasteiger partial charge in [-0.15, -0.1) is 18.2 Å². The molecule has 0 aromatic carbocycles. The Labute approximate surface area is 135 Å². The molecule has 0 saturated carbocycles. The first-order valence-corrected chi connectivity index (χ1v) is 8.25. The maximum Gasteiger partial charge on any atom is 0.244 e. The van der Waals surface area contributed by atoms with Crippen LogP contribution < -0.4 is 10.6 Å². The summed E-state index contributed by atoms with van der Waals surface area (Å²) >= 11 is 1.54. The monoisotopic (exact) mass is 325 g/mol. The molecule has 0 aromatic rings. The summed E-state index contributed by atoms with van der Waals surface area (Å²) in [6.45, 7) is 5.95. The van der Waals surface area contributed by atoms with Crippen LogP contribution in [0.15, 0.2) is 0 Å². The lowest BCUT2D eigenvalue weighted by Gasteiger charge is -2.26. The average molecular weight is 325 g/mol. The van der Waals surface area contributed by atoms with Crippen molar-refractivity contribution in [3.63, 3.8) is 0 Å². The largest absolute Gasteiger partial charge is 0.345 e. The number of hydrogen-bond donors (Lipinski definition) is 2. The SMILES string of the molecule is C#CCNC(=O)CNC(=O)[C@@H]1CSCN1C(=O)CC(C)(C)C. The summed E-state index contributed by atoms with van der Waals surface area (Å²) in [5.41, 5.74) is -0.125. The Bertz CT molecular complexity index is 479. The molecule has 1 fully saturated rings. The molecule has 1 rings (SSSR count). The Hall–Kier alpha value is -1.68. The van der Waals surface area contributed by atoms with Crippen LogP contribution in [0.1, 0.15) is 27.2 Å². The number of terminal acetylenes is 1. The van der Waals surface area contributed by atoms with E-state index in [0.717, 1.165) is 0 Å². The fourth-order valence-corrected chi connectivity index (χ4v) is 3.14. The molecule has 0 spiro atoms. The molecule has 6 nitrogen and oxygen atoms in total. The topological polar surface area (TPSA) is 78.5 Å². The van der Waals surface area contributed by atoms with Crippen molar-refractivity contribution in [2.45, 2.75) is 33.2 Å². The van der Waals surface area contributed by atoms with Crippen LogP contribution >= 0.6 is 11.8 Å². The molecule has 122 valence electrons. The number of nitrogens with one attached hydrogen (secondary N) is 2. The average Bonchev–Trinajstić information content (AvgIpc) is 2.90. The van der Waals surface area contributed by atoms with Crippen LogP contribution in [-0.4, -0.2) is 53.4 Å². The van der Waals surface area contributed by atoms with Gasteiger partial charge in [0.1, 0.15) is 6.04 Å². The molecule has 0 aromatic heterocycles. The fraction of sp³-hybridized carbons (Fsp3) is 0.667. The number of rotatable bonds is 5. The van der Waals surface area contributed by atoms with Crippen LogP contribution in [0.4, 0.5) is 0 Å². The second-order valence-electron chi connectivity index (χ2n) is 6.32. The zero-order valence-electron chi connectivity index (χ0n) is 13.3. The Morgan fingerprint density at radius 1 is 1.32 bits per heavy atom. The first kappa shape index (κ1) is 18.4. The van der Waals surface area contributed by atoms with Crippen molar-refractivity contribution in [3.05, 3.63) is 0 Å². The minimum Gasteiger partial charge on any atom is -0.345 e. The zero-order valence-corrected chi connectivity index (χ0v) is 14.1. The predicted octanol–water partition coefficient (Wildman–Crippen LogP) is 0.190. The van der Waals surface area contributed by atoms with Crippen molar-refractivity contribution >= 4 is 29.5 Å². The minimum atomic E-state index is -0.514. The Balaban J connectivity index is 2.52. The van der Waals surface area contributed by atoms with E-state index < -0.39 is 6.04 Å². The molecular formula is C15H23N3O3S. The molecule has 1 atom stereocenters. The van der Waals surface area contributed by atoms with Gasteiger partial charge in [-0.2, -0.15) is 0 Å². The summed E-state index contributed by atoms with van der Waals surface area (Å²) in [5, 5.41) is 5.02. The quantitative estimate of drug-likeness (QED) is 0.707. The van der Waals surface area contributed by atoms with Gasteiger partial charge in [0.25, 0.3) is 0 Å². The third-order valence-electron chi connectivity index (χ3n) is 3.00. The number of carbonyl (C=O) groups excluding carboxylic acids is 3. The van der Waals surface area contributed by atoms with Gasteiger partial charge in [-0.1, -0.05) is 26.7 Å². The maximum absolute atomic E-state index is 12.3. The van der Waals surface area contributed by atoms with E-state index in [-0.39, 0.29) is 36.2 Å². The lowest BCUT2D eigenvalue weighted by atomic mass is 9.91. The molecule has 1 aliphatic heterocycles. The molecule has 22 heavy (non-hydrogen) atoms. The highest BCUT2D eigenvalue weighted by Gasteiger charge is 2.35. The van der Waals surface area contributed by atoms with Crippen LogP contribution in [0.2, 0.25) is 0 Å². The van der Waals surface area contributed by atoms with Gasteiger partial charge in [0.2, 0.25) is 17.7 Å². The first-order chi connectivity index (χ1) is 10.2. The van der Waals surface area contributed by atoms with E-state index >= 15 is 0 Å². The van der Waals surface area contributed by atoms with E-state index in [1.807, 2.05) is 20.8 Å². The smallest absolute Gasteiger partial charge is 0.244 e. The normalized spacial score (nSPS) is 17.7. The Kier molecular flexibility index (Phi) is 6.75. The van der Waals surface area contributed by atoms with Gasteiger partial charge in [0, 0.05) is 12.2 Å². The van der Waals surface area contributed by atoms with Crippen molar-refractivity contribution in [2.24, 2.45) is 5.41 Å². The molecule has 0 bridgehead atoms. The summed E-state index contributed by atoms with van der Waals surface area (Å²) in [6.07, 6.45) is 5.42. The van der Waals surface area contributed by atoms with E-state index in [1.54, 1.807) is 4.90 Å². The number of carbonyl (C=O) groups is 3. The second kappa shape index (κ2) is 8.08. The Morgan fingerprint density at radius 2 is 2.00 bits per heavy atom. The lowest BCUT2D eigenvalue weighted by molar-refractivity contribution is -0.139. The zero-order chi connectivity index (χ0) is 16.8. The van der Waals surface area contributed by atoms with Gasteiger partial charge >= 0.3 is 0 Å². The van der Waals surface area contributed by atoms with E-state index in [4.69, 9.17) is 6.42 Å². The number of hydrogen-bond acceptors (Lipinski definition) is 4. The van der Waals surface area contributed by atoms with E-state index in [9.17, 15) is 14.4 Å². The molecule has 7 heteroatoms. The number of nitrogens with zero attached hydrogens (tertiary/aromatic N) is 1. The highest BCUT2D eigenvalue weighted by molar-refractivity contribution is 7.99. The van der Waals surface area contributed by atoms with Crippen molar-refractivity contribution in [3.8, 4) is 12.3 Å². The molecular weight excluding hydrogens is 302 g/mol.